The Morgan fingerprint density at radius 2 is 1.47 bits per heavy atom. The number of anilines is 1. The number of para-hydroxylation sites is 2. The molecule has 0 saturated heterocycles. The molecule has 0 aliphatic heterocycles. The van der Waals surface area contributed by atoms with E-state index in [2.05, 4.69) is 10.3 Å². The summed E-state index contributed by atoms with van der Waals surface area (Å²) in [6.07, 6.45) is -1.26. The molecule has 0 radical (unpaired) electrons. The van der Waals surface area contributed by atoms with Crippen LogP contribution in [0.25, 0.3) is 22.6 Å². The van der Waals surface area contributed by atoms with E-state index in [0.29, 0.717) is 33.8 Å². The molecule has 1 heterocycles. The SMILES string of the molecule is Cc1cc2nc(-c3cc(NC(=O)C(Oc4ccccc4)Oc4ccccc4)ccc3O)oc2cc1C. The highest BCUT2D eigenvalue weighted by atomic mass is 16.7. The second-order valence-corrected chi connectivity index (χ2v) is 8.34. The summed E-state index contributed by atoms with van der Waals surface area (Å²) < 4.78 is 17.6. The van der Waals surface area contributed by atoms with Crippen LogP contribution in [0.3, 0.4) is 0 Å². The molecule has 4 aromatic carbocycles. The van der Waals surface area contributed by atoms with Crippen molar-refractivity contribution in [3.8, 4) is 28.7 Å². The fraction of sp³-hybridized carbons (Fsp3) is 0.103. The lowest BCUT2D eigenvalue weighted by atomic mass is 10.1. The number of amides is 1. The number of aromatic hydroxyl groups is 1. The number of rotatable bonds is 7. The monoisotopic (exact) mass is 480 g/mol. The molecule has 0 spiro atoms. The van der Waals surface area contributed by atoms with E-state index < -0.39 is 12.2 Å². The summed E-state index contributed by atoms with van der Waals surface area (Å²) >= 11 is 0. The van der Waals surface area contributed by atoms with Crippen molar-refractivity contribution < 1.29 is 23.8 Å². The summed E-state index contributed by atoms with van der Waals surface area (Å²) in [5.74, 6) is 0.670. The zero-order valence-corrected chi connectivity index (χ0v) is 19.8. The Morgan fingerprint density at radius 1 is 0.861 bits per heavy atom. The average Bonchev–Trinajstić information content (AvgIpc) is 3.28. The van der Waals surface area contributed by atoms with Gasteiger partial charge in [0.05, 0.1) is 5.56 Å². The number of phenols is 1. The molecule has 0 unspecified atom stereocenters. The van der Waals surface area contributed by atoms with Crippen molar-refractivity contribution in [1.82, 2.24) is 4.98 Å². The van der Waals surface area contributed by atoms with Gasteiger partial charge in [-0.1, -0.05) is 36.4 Å². The third kappa shape index (κ3) is 5.00. The number of hydrogen-bond donors (Lipinski definition) is 2. The van der Waals surface area contributed by atoms with E-state index in [-0.39, 0.29) is 11.6 Å². The van der Waals surface area contributed by atoms with E-state index in [1.54, 1.807) is 36.4 Å². The number of phenolic OH excluding ortho intramolecular Hbond substituents is 1. The predicted octanol–water partition coefficient (Wildman–Crippen LogP) is 6.24. The van der Waals surface area contributed by atoms with Gasteiger partial charge in [-0.05, 0) is 79.6 Å². The molecule has 36 heavy (non-hydrogen) atoms. The number of aromatic nitrogens is 1. The van der Waals surface area contributed by atoms with Crippen LogP contribution in [0.1, 0.15) is 11.1 Å². The molecule has 0 atom stereocenters. The number of benzene rings is 4. The van der Waals surface area contributed by atoms with Gasteiger partial charge in [0.2, 0.25) is 5.89 Å². The largest absolute Gasteiger partial charge is 0.507 e. The predicted molar refractivity (Wildman–Crippen MR) is 137 cm³/mol. The van der Waals surface area contributed by atoms with Crippen LogP contribution in [0.5, 0.6) is 17.2 Å². The van der Waals surface area contributed by atoms with Gasteiger partial charge in [-0.15, -0.1) is 0 Å². The molecule has 0 aliphatic carbocycles. The second-order valence-electron chi connectivity index (χ2n) is 8.34. The van der Waals surface area contributed by atoms with E-state index in [4.69, 9.17) is 13.9 Å². The first-order chi connectivity index (χ1) is 17.5. The first kappa shape index (κ1) is 23.0. The second kappa shape index (κ2) is 9.84. The van der Waals surface area contributed by atoms with Gasteiger partial charge < -0.3 is 24.3 Å². The fourth-order valence-electron chi connectivity index (χ4n) is 3.66. The highest BCUT2D eigenvalue weighted by Crippen LogP contribution is 2.34. The van der Waals surface area contributed by atoms with Crippen molar-refractivity contribution in [2.45, 2.75) is 20.1 Å². The van der Waals surface area contributed by atoms with Crippen LogP contribution in [0.15, 0.2) is 95.4 Å². The van der Waals surface area contributed by atoms with Crippen molar-refractivity contribution in [3.05, 3.63) is 102 Å². The molecule has 5 rings (SSSR count). The fourth-order valence-corrected chi connectivity index (χ4v) is 3.66. The molecule has 5 aromatic rings. The summed E-state index contributed by atoms with van der Waals surface area (Å²) in [6, 6.07) is 26.4. The lowest BCUT2D eigenvalue weighted by molar-refractivity contribution is -0.134. The van der Waals surface area contributed by atoms with Gasteiger partial charge in [0.15, 0.2) is 5.58 Å². The molecule has 2 N–H and O–H groups in total. The van der Waals surface area contributed by atoms with Gasteiger partial charge in [-0.3, -0.25) is 4.79 Å². The third-order valence-corrected chi connectivity index (χ3v) is 5.69. The van der Waals surface area contributed by atoms with Crippen LogP contribution in [-0.4, -0.2) is 22.3 Å². The zero-order chi connectivity index (χ0) is 25.1. The smallest absolute Gasteiger partial charge is 0.321 e. The summed E-state index contributed by atoms with van der Waals surface area (Å²) in [5, 5.41) is 13.3. The van der Waals surface area contributed by atoms with Gasteiger partial charge in [0, 0.05) is 5.69 Å². The summed E-state index contributed by atoms with van der Waals surface area (Å²) in [7, 11) is 0. The molecule has 1 amide bonds. The van der Waals surface area contributed by atoms with Crippen LogP contribution in [0, 0.1) is 13.8 Å². The van der Waals surface area contributed by atoms with Crippen molar-refractivity contribution in [2.24, 2.45) is 0 Å². The minimum absolute atomic E-state index is 0.0226. The highest BCUT2D eigenvalue weighted by molar-refractivity contribution is 5.94. The molecule has 180 valence electrons. The molecule has 0 fully saturated rings. The van der Waals surface area contributed by atoms with Crippen LogP contribution in [0.2, 0.25) is 0 Å². The van der Waals surface area contributed by atoms with Crippen LogP contribution in [-0.2, 0) is 4.79 Å². The van der Waals surface area contributed by atoms with Crippen molar-refractivity contribution in [1.29, 1.82) is 0 Å². The first-order valence-electron chi connectivity index (χ1n) is 11.4. The number of nitrogens with one attached hydrogen (secondary N) is 1. The molecule has 7 heteroatoms. The quantitative estimate of drug-likeness (QED) is 0.212. The van der Waals surface area contributed by atoms with Gasteiger partial charge >= 0.3 is 12.2 Å². The number of fused-ring (bicyclic) bond motifs is 1. The summed E-state index contributed by atoms with van der Waals surface area (Å²) in [6.45, 7) is 4.00. The number of aryl methyl sites for hydroxylation is 2. The minimum atomic E-state index is -1.26. The molecule has 1 aromatic heterocycles. The number of oxazole rings is 1. The maximum Gasteiger partial charge on any atom is 0.321 e. The van der Waals surface area contributed by atoms with Crippen LogP contribution in [0.4, 0.5) is 5.69 Å². The number of hydrogen-bond acceptors (Lipinski definition) is 6. The zero-order valence-electron chi connectivity index (χ0n) is 19.8. The lowest BCUT2D eigenvalue weighted by Gasteiger charge is -2.20. The van der Waals surface area contributed by atoms with Crippen molar-refractivity contribution >= 4 is 22.7 Å². The first-order valence-corrected chi connectivity index (χ1v) is 11.4. The Kier molecular flexibility index (Phi) is 6.28. The van der Waals surface area contributed by atoms with E-state index in [1.165, 1.54) is 6.07 Å². The Balaban J connectivity index is 1.41. The summed E-state index contributed by atoms with van der Waals surface area (Å²) in [5.41, 5.74) is 4.25. The van der Waals surface area contributed by atoms with Crippen LogP contribution < -0.4 is 14.8 Å². The minimum Gasteiger partial charge on any atom is -0.507 e. The molecular formula is C29H24N2O5. The van der Waals surface area contributed by atoms with Crippen LogP contribution >= 0.6 is 0 Å². The lowest BCUT2D eigenvalue weighted by Crippen LogP contribution is -2.38. The van der Waals surface area contributed by atoms with Crippen molar-refractivity contribution in [3.63, 3.8) is 0 Å². The normalized spacial score (nSPS) is 11.0. The van der Waals surface area contributed by atoms with Crippen molar-refractivity contribution in [2.75, 3.05) is 5.32 Å². The maximum atomic E-state index is 13.2. The van der Waals surface area contributed by atoms with E-state index >= 15 is 0 Å². The summed E-state index contributed by atoms with van der Waals surface area (Å²) in [4.78, 5) is 17.7. The number of ether oxygens (including phenoxy) is 2. The molecule has 0 aliphatic rings. The van der Waals surface area contributed by atoms with Gasteiger partial charge in [-0.2, -0.15) is 0 Å². The Morgan fingerprint density at radius 3 is 2.11 bits per heavy atom. The van der Waals surface area contributed by atoms with Gasteiger partial charge in [-0.25, -0.2) is 4.98 Å². The van der Waals surface area contributed by atoms with E-state index in [1.807, 2.05) is 62.4 Å². The highest BCUT2D eigenvalue weighted by Gasteiger charge is 2.24. The molecule has 7 nitrogen and oxygen atoms in total. The Hall–Kier alpha value is -4.78. The molecular weight excluding hydrogens is 456 g/mol. The third-order valence-electron chi connectivity index (χ3n) is 5.69. The van der Waals surface area contributed by atoms with E-state index in [0.717, 1.165) is 11.1 Å². The number of nitrogens with zero attached hydrogens (tertiary/aromatic N) is 1. The topological polar surface area (TPSA) is 93.8 Å². The average molecular weight is 481 g/mol. The van der Waals surface area contributed by atoms with Gasteiger partial charge in [0.25, 0.3) is 0 Å². The van der Waals surface area contributed by atoms with E-state index in [9.17, 15) is 9.90 Å². The Bertz CT molecular complexity index is 1430. The Labute approximate surface area is 207 Å². The molecule has 0 saturated carbocycles. The van der Waals surface area contributed by atoms with Gasteiger partial charge in [0.1, 0.15) is 22.8 Å². The maximum absolute atomic E-state index is 13.2. The number of carbonyl (C=O) groups is 1. The number of carbonyl (C=O) groups excluding carboxylic acids is 1. The standard InChI is InChI=1S/C29H24N2O5/c1-18-15-24-26(16-19(18)2)36-28(31-24)23-17-20(13-14-25(23)32)30-27(33)29(34-21-9-5-3-6-10-21)35-22-11-7-4-8-12-22/h3-17,29,32H,1-2H3,(H,30,33). The molecule has 0 bridgehead atoms.